The molecule has 0 saturated carbocycles. The van der Waals surface area contributed by atoms with Crippen molar-refractivity contribution >= 4 is 66.2 Å². The molecule has 41 heavy (non-hydrogen) atoms. The zero-order valence-electron chi connectivity index (χ0n) is 22.7. The first-order valence-corrected chi connectivity index (χ1v) is 17.2. The molecule has 5 heterocycles. The Hall–Kier alpha value is -2.13. The van der Waals surface area contributed by atoms with Crippen LogP contribution >= 0.6 is 34.3 Å². The standard InChI is InChI=1S/C27H32ClN5O5S3/c1-17-12-21-23(15-29-17)40-26(30-21)27(35)33-7-6-32(16-20(33)3-5-24(34)31-8-10-38-11-9-31)41(36,37)25-14-18-13-19(28)2-4-22(18)39-25/h2,4,13-14,17,20,29H,3,5-12,15-16H2,1H3. The number of halogens is 1. The van der Waals surface area contributed by atoms with Crippen molar-refractivity contribution in [3.05, 3.63) is 44.9 Å². The molecule has 6 rings (SSSR count). The molecule has 3 aliphatic heterocycles. The van der Waals surface area contributed by atoms with Gasteiger partial charge in [-0.3, -0.25) is 9.59 Å². The molecule has 220 valence electrons. The highest BCUT2D eigenvalue weighted by molar-refractivity contribution is 7.91. The van der Waals surface area contributed by atoms with E-state index >= 15 is 0 Å². The minimum Gasteiger partial charge on any atom is -0.378 e. The number of nitrogens with one attached hydrogen (secondary N) is 1. The van der Waals surface area contributed by atoms with E-state index in [9.17, 15) is 18.0 Å². The number of piperazine rings is 1. The van der Waals surface area contributed by atoms with E-state index in [1.807, 2.05) is 6.07 Å². The Morgan fingerprint density at radius 2 is 1.95 bits per heavy atom. The van der Waals surface area contributed by atoms with Gasteiger partial charge in [-0.25, -0.2) is 13.4 Å². The molecule has 2 fully saturated rings. The van der Waals surface area contributed by atoms with E-state index in [0.29, 0.717) is 55.3 Å². The van der Waals surface area contributed by atoms with Gasteiger partial charge >= 0.3 is 0 Å². The molecule has 3 aliphatic rings. The zero-order chi connectivity index (χ0) is 28.7. The maximum Gasteiger partial charge on any atom is 0.283 e. The lowest BCUT2D eigenvalue weighted by Crippen LogP contribution is -2.56. The number of rotatable bonds is 6. The van der Waals surface area contributed by atoms with Crippen molar-refractivity contribution in [3.8, 4) is 0 Å². The fourth-order valence-electron chi connectivity index (χ4n) is 5.59. The van der Waals surface area contributed by atoms with E-state index in [0.717, 1.165) is 27.1 Å². The topological polar surface area (TPSA) is 112 Å². The van der Waals surface area contributed by atoms with Crippen LogP contribution in [-0.4, -0.2) is 97.3 Å². The first-order valence-electron chi connectivity index (χ1n) is 13.8. The SMILES string of the molecule is CC1Cc2nc(C(=O)N3CCN(S(=O)(=O)c4cc5cc(Cl)ccc5s4)CC3CCC(=O)N3CCOCC3)sc2CN1. The highest BCUT2D eigenvalue weighted by atomic mass is 35.5. The van der Waals surface area contributed by atoms with E-state index in [1.165, 1.54) is 27.0 Å². The fraction of sp³-hybridized carbons (Fsp3) is 0.519. The number of fused-ring (bicyclic) bond motifs is 2. The van der Waals surface area contributed by atoms with Crippen molar-refractivity contribution in [3.63, 3.8) is 0 Å². The summed E-state index contributed by atoms with van der Waals surface area (Å²) >= 11 is 8.73. The third-order valence-electron chi connectivity index (χ3n) is 7.88. The Morgan fingerprint density at radius 3 is 2.76 bits per heavy atom. The molecule has 1 aromatic carbocycles. The van der Waals surface area contributed by atoms with E-state index in [4.69, 9.17) is 16.3 Å². The number of carbonyl (C=O) groups excluding carboxylic acids is 2. The van der Waals surface area contributed by atoms with Crippen molar-refractivity contribution in [1.29, 1.82) is 0 Å². The molecule has 0 bridgehead atoms. The van der Waals surface area contributed by atoms with Crippen LogP contribution in [0, 0.1) is 0 Å². The van der Waals surface area contributed by atoms with Crippen molar-refractivity contribution in [2.75, 3.05) is 45.9 Å². The van der Waals surface area contributed by atoms with Crippen molar-refractivity contribution < 1.29 is 22.7 Å². The number of thiophene rings is 1. The van der Waals surface area contributed by atoms with E-state index < -0.39 is 16.1 Å². The summed E-state index contributed by atoms with van der Waals surface area (Å²) in [7, 11) is -3.81. The molecule has 2 unspecified atom stereocenters. The monoisotopic (exact) mass is 637 g/mol. The Labute approximate surface area is 252 Å². The summed E-state index contributed by atoms with van der Waals surface area (Å²) in [6, 6.07) is 6.82. The van der Waals surface area contributed by atoms with E-state index in [1.54, 1.807) is 28.0 Å². The van der Waals surface area contributed by atoms with Gasteiger partial charge in [0.25, 0.3) is 15.9 Å². The molecule has 14 heteroatoms. The smallest absolute Gasteiger partial charge is 0.283 e. The lowest BCUT2D eigenvalue weighted by Gasteiger charge is -2.40. The maximum absolute atomic E-state index is 13.8. The van der Waals surface area contributed by atoms with Gasteiger partial charge < -0.3 is 19.9 Å². The third-order valence-corrected chi connectivity index (χ3v) is 12.6. The average molecular weight is 638 g/mol. The van der Waals surface area contributed by atoms with Gasteiger partial charge in [0.2, 0.25) is 5.91 Å². The number of nitrogens with zero attached hydrogens (tertiary/aromatic N) is 4. The van der Waals surface area contributed by atoms with Crippen LogP contribution in [0.1, 0.15) is 40.1 Å². The lowest BCUT2D eigenvalue weighted by atomic mass is 10.1. The number of carbonyl (C=O) groups is 2. The molecule has 0 spiro atoms. The molecule has 10 nitrogen and oxygen atoms in total. The lowest BCUT2D eigenvalue weighted by molar-refractivity contribution is -0.135. The molecule has 1 N–H and O–H groups in total. The van der Waals surface area contributed by atoms with Crippen LogP contribution in [0.4, 0.5) is 0 Å². The third kappa shape index (κ3) is 6.03. The number of morpholine rings is 1. The van der Waals surface area contributed by atoms with Gasteiger partial charge in [0, 0.05) is 78.8 Å². The number of aromatic nitrogens is 1. The molecule has 3 aromatic rings. The Kier molecular flexibility index (Phi) is 8.38. The Morgan fingerprint density at radius 1 is 1.15 bits per heavy atom. The summed E-state index contributed by atoms with van der Waals surface area (Å²) in [4.78, 5) is 36.0. The first kappa shape index (κ1) is 29.0. The Bertz CT molecular complexity index is 1570. The highest BCUT2D eigenvalue weighted by Gasteiger charge is 2.39. The molecule has 2 amide bonds. The van der Waals surface area contributed by atoms with Gasteiger partial charge in [-0.15, -0.1) is 22.7 Å². The van der Waals surface area contributed by atoms with Crippen LogP contribution in [0.5, 0.6) is 0 Å². The molecule has 0 aliphatic carbocycles. The maximum atomic E-state index is 13.8. The number of hydrogen-bond acceptors (Lipinski definition) is 9. The summed E-state index contributed by atoms with van der Waals surface area (Å²) in [6.45, 7) is 5.39. The van der Waals surface area contributed by atoms with Gasteiger partial charge in [-0.1, -0.05) is 11.6 Å². The minimum atomic E-state index is -3.81. The molecule has 2 saturated heterocycles. The predicted molar refractivity (Wildman–Crippen MR) is 159 cm³/mol. The second-order valence-corrected chi connectivity index (χ2v) is 15.4. The molecule has 2 aromatic heterocycles. The second-order valence-electron chi connectivity index (χ2n) is 10.7. The second kappa shape index (κ2) is 11.9. The predicted octanol–water partition coefficient (Wildman–Crippen LogP) is 3.20. The van der Waals surface area contributed by atoms with Gasteiger partial charge in [-0.05, 0) is 43.0 Å². The minimum absolute atomic E-state index is 0.00756. The summed E-state index contributed by atoms with van der Waals surface area (Å²) in [5.74, 6) is -0.207. The van der Waals surface area contributed by atoms with Crippen LogP contribution in [0.25, 0.3) is 10.1 Å². The number of ether oxygens (including phenoxy) is 1. The molecule has 2 atom stereocenters. The van der Waals surface area contributed by atoms with Crippen molar-refractivity contribution in [2.24, 2.45) is 0 Å². The summed E-state index contributed by atoms with van der Waals surface area (Å²) in [6.07, 6.45) is 1.35. The average Bonchev–Trinajstić information content (AvgIpc) is 3.60. The number of sulfonamides is 1. The van der Waals surface area contributed by atoms with Crippen LogP contribution in [0.2, 0.25) is 5.02 Å². The molecular formula is C27H32ClN5O5S3. The number of thiazole rings is 1. The number of hydrogen-bond donors (Lipinski definition) is 1. The zero-order valence-corrected chi connectivity index (χ0v) is 25.9. The van der Waals surface area contributed by atoms with Gasteiger partial charge in [0.15, 0.2) is 5.01 Å². The van der Waals surface area contributed by atoms with Crippen LogP contribution in [0.15, 0.2) is 28.5 Å². The van der Waals surface area contributed by atoms with E-state index in [2.05, 4.69) is 17.2 Å². The van der Waals surface area contributed by atoms with Gasteiger partial charge in [0.1, 0.15) is 4.21 Å². The van der Waals surface area contributed by atoms with Gasteiger partial charge in [-0.2, -0.15) is 4.31 Å². The fourth-order valence-corrected chi connectivity index (χ4v) is 9.77. The summed E-state index contributed by atoms with van der Waals surface area (Å²) < 4.78 is 35.5. The van der Waals surface area contributed by atoms with Crippen LogP contribution < -0.4 is 5.32 Å². The normalized spacial score (nSPS) is 22.2. The van der Waals surface area contributed by atoms with Crippen molar-refractivity contribution in [2.45, 2.75) is 49.0 Å². The molecular weight excluding hydrogens is 606 g/mol. The Balaban J connectivity index is 1.24. The summed E-state index contributed by atoms with van der Waals surface area (Å²) in [5, 5.41) is 5.16. The molecule has 0 radical (unpaired) electrons. The largest absolute Gasteiger partial charge is 0.378 e. The van der Waals surface area contributed by atoms with Gasteiger partial charge in [0.05, 0.1) is 18.9 Å². The number of amides is 2. The summed E-state index contributed by atoms with van der Waals surface area (Å²) in [5.41, 5.74) is 0.953. The van der Waals surface area contributed by atoms with Crippen molar-refractivity contribution in [1.82, 2.24) is 24.4 Å². The van der Waals surface area contributed by atoms with Crippen LogP contribution in [-0.2, 0) is 32.5 Å². The van der Waals surface area contributed by atoms with E-state index in [-0.39, 0.29) is 42.1 Å². The first-order chi connectivity index (χ1) is 19.7. The van der Waals surface area contributed by atoms with Crippen LogP contribution in [0.3, 0.4) is 0 Å². The highest BCUT2D eigenvalue weighted by Crippen LogP contribution is 2.34. The number of benzene rings is 1. The quantitative estimate of drug-likeness (QED) is 0.442.